The molecule has 1 atom stereocenters. The minimum atomic E-state index is -4.09. The Morgan fingerprint density at radius 2 is 2.03 bits per heavy atom. The lowest BCUT2D eigenvalue weighted by Crippen LogP contribution is -2.75. The largest absolute Gasteiger partial charge is 0.454 e. The molecule has 1 saturated heterocycles. The molecule has 0 spiro atoms. The van der Waals surface area contributed by atoms with E-state index in [1.54, 1.807) is 82.8 Å². The summed E-state index contributed by atoms with van der Waals surface area (Å²) in [5.41, 5.74) is 0.744. The third kappa shape index (κ3) is 4.93. The molecular weight excluding hydrogens is 524 g/mol. The number of hydrogen-bond donors (Lipinski definition) is 1. The molecular formula is C25H30N8O5S. The second-order valence-electron chi connectivity index (χ2n) is 9.30. The summed E-state index contributed by atoms with van der Waals surface area (Å²) in [6.45, 7) is 4.39. The Balaban J connectivity index is 1.50. The summed E-state index contributed by atoms with van der Waals surface area (Å²) in [5, 5.41) is 6.11. The van der Waals surface area contributed by atoms with Gasteiger partial charge in [0.15, 0.2) is 21.3 Å². The molecule has 14 heteroatoms. The number of hydrazine groups is 1. The van der Waals surface area contributed by atoms with Crippen LogP contribution in [0.3, 0.4) is 0 Å². The zero-order chi connectivity index (χ0) is 27.6. The van der Waals surface area contributed by atoms with Gasteiger partial charge in [0.25, 0.3) is 5.91 Å². The first-order chi connectivity index (χ1) is 18.7. The molecule has 0 bridgehead atoms. The van der Waals surface area contributed by atoms with E-state index in [1.165, 1.54) is 6.08 Å². The van der Waals surface area contributed by atoms with Crippen molar-refractivity contribution in [3.8, 4) is 17.4 Å². The number of benzene rings is 1. The zero-order valence-corrected chi connectivity index (χ0v) is 22.5. The van der Waals surface area contributed by atoms with Crippen LogP contribution in [-0.4, -0.2) is 95.0 Å². The Morgan fingerprint density at radius 1 is 1.21 bits per heavy atom. The normalized spacial score (nSPS) is 19.3. The van der Waals surface area contributed by atoms with Gasteiger partial charge in [-0.25, -0.2) is 28.4 Å². The molecule has 3 aromatic rings. The Morgan fingerprint density at radius 3 is 2.77 bits per heavy atom. The van der Waals surface area contributed by atoms with Gasteiger partial charge >= 0.3 is 0 Å². The highest BCUT2D eigenvalue weighted by atomic mass is 32.2. The van der Waals surface area contributed by atoms with Crippen LogP contribution < -0.4 is 19.7 Å². The summed E-state index contributed by atoms with van der Waals surface area (Å²) in [6.07, 6.45) is 7.80. The van der Waals surface area contributed by atoms with Gasteiger partial charge in [0.1, 0.15) is 12.1 Å². The van der Waals surface area contributed by atoms with Gasteiger partial charge in [-0.3, -0.25) is 9.36 Å². The van der Waals surface area contributed by atoms with Crippen molar-refractivity contribution in [1.29, 1.82) is 0 Å². The van der Waals surface area contributed by atoms with Crippen molar-refractivity contribution in [2.45, 2.75) is 11.4 Å². The van der Waals surface area contributed by atoms with E-state index in [1.807, 2.05) is 0 Å². The highest BCUT2D eigenvalue weighted by molar-refractivity contribution is 7.93. The fraction of sp³-hybridized carbons (Fsp3) is 0.360. The van der Waals surface area contributed by atoms with Crippen molar-refractivity contribution in [2.24, 2.45) is 0 Å². The van der Waals surface area contributed by atoms with Gasteiger partial charge in [-0.15, -0.1) is 6.58 Å². The highest BCUT2D eigenvalue weighted by Gasteiger charge is 2.58. The molecule has 13 nitrogen and oxygen atoms in total. The van der Waals surface area contributed by atoms with Crippen molar-refractivity contribution < 1.29 is 22.7 Å². The number of nitrogens with zero attached hydrogens (tertiary/aromatic N) is 7. The predicted molar refractivity (Wildman–Crippen MR) is 143 cm³/mol. The lowest BCUT2D eigenvalue weighted by Gasteiger charge is -2.50. The number of carbonyl (C=O) groups is 1. The van der Waals surface area contributed by atoms with Crippen molar-refractivity contribution in [3.05, 3.63) is 67.4 Å². The van der Waals surface area contributed by atoms with E-state index in [0.717, 1.165) is 5.56 Å². The van der Waals surface area contributed by atoms with Gasteiger partial charge < -0.3 is 19.7 Å². The molecule has 39 heavy (non-hydrogen) atoms. The van der Waals surface area contributed by atoms with E-state index in [0.29, 0.717) is 29.8 Å². The van der Waals surface area contributed by atoms with Crippen molar-refractivity contribution in [3.63, 3.8) is 0 Å². The van der Waals surface area contributed by atoms with E-state index in [4.69, 9.17) is 9.47 Å². The molecule has 2 aromatic heterocycles. The first-order valence-corrected chi connectivity index (χ1v) is 13.9. The molecule has 4 heterocycles. The SMILES string of the molecule is C=CCS(=O)(=O)C1(C(=O)NCc2ccc3c(c2)OCO3)CN(c2ccnc(-n3ccnc3)n2)CCN1N(C)C. The van der Waals surface area contributed by atoms with E-state index >= 15 is 0 Å². The third-order valence-electron chi connectivity index (χ3n) is 6.67. The molecule has 0 aliphatic carbocycles. The topological polar surface area (TPSA) is 135 Å². The zero-order valence-electron chi connectivity index (χ0n) is 21.7. The van der Waals surface area contributed by atoms with E-state index in [-0.39, 0.29) is 32.2 Å². The monoisotopic (exact) mass is 554 g/mol. The quantitative estimate of drug-likeness (QED) is 0.373. The molecule has 1 N–H and O–H groups in total. The Hall–Kier alpha value is -4.01. The van der Waals surface area contributed by atoms with Gasteiger partial charge in [0.2, 0.25) is 17.6 Å². The molecule has 2 aliphatic rings. The summed E-state index contributed by atoms with van der Waals surface area (Å²) in [7, 11) is -0.641. The molecule has 1 amide bonds. The number of sulfone groups is 1. The van der Waals surface area contributed by atoms with Gasteiger partial charge in [0.05, 0.1) is 12.3 Å². The summed E-state index contributed by atoms with van der Waals surface area (Å²) in [5.74, 6) is 1.04. The summed E-state index contributed by atoms with van der Waals surface area (Å²) >= 11 is 0. The summed E-state index contributed by atoms with van der Waals surface area (Å²) < 4.78 is 40.3. The van der Waals surface area contributed by atoms with Crippen LogP contribution in [0.4, 0.5) is 5.82 Å². The number of ether oxygens (including phenoxy) is 2. The number of amides is 1. The molecule has 1 aromatic carbocycles. The van der Waals surface area contributed by atoms with Crippen LogP contribution in [0.15, 0.2) is 61.8 Å². The van der Waals surface area contributed by atoms with Crippen LogP contribution in [0.5, 0.6) is 11.5 Å². The van der Waals surface area contributed by atoms with Crippen LogP contribution in [0.25, 0.3) is 5.95 Å². The molecule has 0 saturated carbocycles. The Labute approximate surface area is 226 Å². The predicted octanol–water partition coefficient (Wildman–Crippen LogP) is 0.603. The van der Waals surface area contributed by atoms with Gasteiger partial charge in [0, 0.05) is 52.3 Å². The maximum Gasteiger partial charge on any atom is 0.259 e. The fourth-order valence-corrected chi connectivity index (χ4v) is 6.67. The van der Waals surface area contributed by atoms with Crippen LogP contribution in [0, 0.1) is 0 Å². The van der Waals surface area contributed by atoms with Gasteiger partial charge in [-0.1, -0.05) is 12.1 Å². The number of piperazine rings is 1. The number of anilines is 1. The summed E-state index contributed by atoms with van der Waals surface area (Å²) in [4.78, 5) is 26.9. The smallest absolute Gasteiger partial charge is 0.259 e. The molecule has 2 aliphatic heterocycles. The number of aromatic nitrogens is 4. The average Bonchev–Trinajstić information content (AvgIpc) is 3.63. The van der Waals surface area contributed by atoms with Crippen LogP contribution in [0.1, 0.15) is 5.56 Å². The minimum Gasteiger partial charge on any atom is -0.454 e. The Bertz CT molecular complexity index is 1460. The number of imidazole rings is 1. The fourth-order valence-electron chi connectivity index (χ4n) is 4.80. The average molecular weight is 555 g/mol. The second-order valence-corrected chi connectivity index (χ2v) is 11.5. The van der Waals surface area contributed by atoms with Gasteiger partial charge in [-0.05, 0) is 23.8 Å². The second kappa shape index (κ2) is 10.6. The molecule has 5 rings (SSSR count). The van der Waals surface area contributed by atoms with E-state index in [2.05, 4.69) is 26.8 Å². The number of nitrogens with one attached hydrogen (secondary N) is 1. The van der Waals surface area contributed by atoms with Crippen LogP contribution in [0.2, 0.25) is 0 Å². The highest BCUT2D eigenvalue weighted by Crippen LogP contribution is 2.34. The van der Waals surface area contributed by atoms with E-state index in [9.17, 15) is 13.2 Å². The Kier molecular flexibility index (Phi) is 7.25. The summed E-state index contributed by atoms with van der Waals surface area (Å²) in [6, 6.07) is 7.02. The maximum atomic E-state index is 14.1. The lowest BCUT2D eigenvalue weighted by atomic mass is 10.1. The number of carbonyl (C=O) groups excluding carboxylic acids is 1. The maximum absolute atomic E-state index is 14.1. The lowest BCUT2D eigenvalue weighted by molar-refractivity contribution is -0.139. The first kappa shape index (κ1) is 26.6. The molecule has 1 fully saturated rings. The van der Waals surface area contributed by atoms with Crippen LogP contribution >= 0.6 is 0 Å². The minimum absolute atomic E-state index is 0.0976. The van der Waals surface area contributed by atoms with E-state index < -0.39 is 20.6 Å². The number of hydrogen-bond acceptors (Lipinski definition) is 11. The van der Waals surface area contributed by atoms with Gasteiger partial charge in [-0.2, -0.15) is 4.98 Å². The van der Waals surface area contributed by atoms with Crippen molar-refractivity contribution >= 4 is 21.6 Å². The number of fused-ring (bicyclic) bond motifs is 1. The first-order valence-electron chi connectivity index (χ1n) is 12.3. The molecule has 1 unspecified atom stereocenters. The molecule has 206 valence electrons. The molecule has 0 radical (unpaired) electrons. The number of rotatable bonds is 9. The third-order valence-corrected chi connectivity index (χ3v) is 8.90. The van der Waals surface area contributed by atoms with Crippen molar-refractivity contribution in [1.82, 2.24) is 34.9 Å². The standard InChI is InChI=1S/C25H30N8O5S/c1-4-13-39(35,36)25(23(34)28-15-19-5-6-20-21(14-19)38-18-37-20)16-31(11-12-33(25)30(2)3)22-7-8-27-24(29-22)32-10-9-26-17-32/h4-10,14,17H,1,11-13,15-16,18H2,2-3H3,(H,28,34). The van der Waals surface area contributed by atoms with Crippen molar-refractivity contribution in [2.75, 3.05) is 51.2 Å². The van der Waals surface area contributed by atoms with Crippen LogP contribution in [-0.2, 0) is 21.2 Å².